The minimum absolute atomic E-state index is 0.176. The molecule has 19 heavy (non-hydrogen) atoms. The van der Waals surface area contributed by atoms with Crippen molar-refractivity contribution in [2.45, 2.75) is 13.8 Å². The molecule has 2 rings (SSSR count). The van der Waals surface area contributed by atoms with Crippen molar-refractivity contribution in [3.63, 3.8) is 0 Å². The molecule has 1 heterocycles. The zero-order chi connectivity index (χ0) is 14.0. The van der Waals surface area contributed by atoms with E-state index in [-0.39, 0.29) is 11.9 Å². The smallest absolute Gasteiger partial charge is 0.313 e. The number of fused-ring (bicyclic) bond motifs is 1. The Kier molecular flexibility index (Phi) is 3.64. The fourth-order valence-corrected chi connectivity index (χ4v) is 1.71. The molecule has 0 fully saturated rings. The van der Waals surface area contributed by atoms with E-state index in [0.29, 0.717) is 11.3 Å². The largest absolute Gasteiger partial charge is 0.424 e. The highest BCUT2D eigenvalue weighted by Gasteiger charge is 2.14. The van der Waals surface area contributed by atoms with Gasteiger partial charge in [0.25, 0.3) is 0 Å². The molecule has 0 N–H and O–H groups in total. The standard InChI is InChI=1S/C14H17N3O2/c1-9(2)14(18)19-11-7-5-6-10-12(11)15-8-16-13(10)17(3)4/h5-9H,1-4H3. The summed E-state index contributed by atoms with van der Waals surface area (Å²) >= 11 is 0. The third-order valence-corrected chi connectivity index (χ3v) is 2.71. The van der Waals surface area contributed by atoms with Crippen LogP contribution in [0.15, 0.2) is 24.5 Å². The molecule has 0 aliphatic rings. The third-order valence-electron chi connectivity index (χ3n) is 2.71. The molecule has 0 aliphatic carbocycles. The molecule has 0 amide bonds. The number of anilines is 1. The first-order valence-electron chi connectivity index (χ1n) is 6.13. The van der Waals surface area contributed by atoms with Gasteiger partial charge in [-0.3, -0.25) is 4.79 Å². The summed E-state index contributed by atoms with van der Waals surface area (Å²) in [5.74, 6) is 0.831. The number of hydrogen-bond acceptors (Lipinski definition) is 5. The van der Waals surface area contributed by atoms with Gasteiger partial charge in [-0.05, 0) is 12.1 Å². The number of aromatic nitrogens is 2. The normalized spacial score (nSPS) is 10.8. The lowest BCUT2D eigenvalue weighted by molar-refractivity contribution is -0.137. The number of para-hydroxylation sites is 1. The Bertz CT molecular complexity index is 609. The summed E-state index contributed by atoms with van der Waals surface area (Å²) in [6.45, 7) is 3.60. The second-order valence-corrected chi connectivity index (χ2v) is 4.82. The van der Waals surface area contributed by atoms with Crippen molar-refractivity contribution < 1.29 is 9.53 Å². The maximum Gasteiger partial charge on any atom is 0.313 e. The van der Waals surface area contributed by atoms with Crippen LogP contribution in [0, 0.1) is 5.92 Å². The Morgan fingerprint density at radius 3 is 2.63 bits per heavy atom. The maximum atomic E-state index is 11.7. The average Bonchev–Trinajstić information content (AvgIpc) is 2.38. The van der Waals surface area contributed by atoms with Crippen molar-refractivity contribution in [3.05, 3.63) is 24.5 Å². The van der Waals surface area contributed by atoms with Crippen LogP contribution in [0.2, 0.25) is 0 Å². The van der Waals surface area contributed by atoms with Crippen molar-refractivity contribution in [2.24, 2.45) is 5.92 Å². The maximum absolute atomic E-state index is 11.7. The highest BCUT2D eigenvalue weighted by Crippen LogP contribution is 2.28. The SMILES string of the molecule is CC(C)C(=O)Oc1cccc2c(N(C)C)ncnc12. The molecule has 0 saturated heterocycles. The third kappa shape index (κ3) is 2.65. The average molecular weight is 259 g/mol. The van der Waals surface area contributed by atoms with Gasteiger partial charge >= 0.3 is 5.97 Å². The van der Waals surface area contributed by atoms with Crippen LogP contribution in [0.3, 0.4) is 0 Å². The first kappa shape index (κ1) is 13.3. The molecule has 0 aliphatic heterocycles. The Balaban J connectivity index is 2.52. The summed E-state index contributed by atoms with van der Waals surface area (Å²) in [4.78, 5) is 22.1. The van der Waals surface area contributed by atoms with Crippen molar-refractivity contribution >= 4 is 22.7 Å². The number of carbonyl (C=O) groups is 1. The Labute approximate surface area is 112 Å². The molecular weight excluding hydrogens is 242 g/mol. The van der Waals surface area contributed by atoms with E-state index < -0.39 is 0 Å². The van der Waals surface area contributed by atoms with E-state index in [4.69, 9.17) is 4.74 Å². The molecule has 5 heteroatoms. The van der Waals surface area contributed by atoms with Gasteiger partial charge in [-0.1, -0.05) is 19.9 Å². The van der Waals surface area contributed by atoms with Gasteiger partial charge in [0, 0.05) is 19.5 Å². The molecule has 0 radical (unpaired) electrons. The van der Waals surface area contributed by atoms with E-state index in [9.17, 15) is 4.79 Å². The molecule has 1 aromatic heterocycles. The molecular formula is C14H17N3O2. The number of hydrogen-bond donors (Lipinski definition) is 0. The van der Waals surface area contributed by atoms with Crippen LogP contribution in [0.5, 0.6) is 5.75 Å². The number of ether oxygens (including phenoxy) is 1. The van der Waals surface area contributed by atoms with Gasteiger partial charge in [-0.15, -0.1) is 0 Å². The number of carbonyl (C=O) groups excluding carboxylic acids is 1. The Hall–Kier alpha value is -2.17. The topological polar surface area (TPSA) is 55.3 Å². The summed E-state index contributed by atoms with van der Waals surface area (Å²) in [7, 11) is 3.82. The molecule has 5 nitrogen and oxygen atoms in total. The van der Waals surface area contributed by atoms with Crippen LogP contribution >= 0.6 is 0 Å². The van der Waals surface area contributed by atoms with Crippen LogP contribution in [-0.4, -0.2) is 30.0 Å². The molecule has 0 bridgehead atoms. The van der Waals surface area contributed by atoms with Crippen molar-refractivity contribution in [3.8, 4) is 5.75 Å². The molecule has 100 valence electrons. The number of benzene rings is 1. The first-order chi connectivity index (χ1) is 9.00. The fourth-order valence-electron chi connectivity index (χ4n) is 1.71. The Morgan fingerprint density at radius 1 is 1.26 bits per heavy atom. The predicted molar refractivity (Wildman–Crippen MR) is 74.3 cm³/mol. The van der Waals surface area contributed by atoms with Gasteiger partial charge in [0.05, 0.1) is 5.92 Å². The lowest BCUT2D eigenvalue weighted by Gasteiger charge is -2.15. The van der Waals surface area contributed by atoms with Gasteiger partial charge in [0.2, 0.25) is 0 Å². The highest BCUT2D eigenvalue weighted by atomic mass is 16.5. The minimum Gasteiger partial charge on any atom is -0.424 e. The van der Waals surface area contributed by atoms with Gasteiger partial charge in [0.1, 0.15) is 17.7 Å². The van der Waals surface area contributed by atoms with Gasteiger partial charge in [-0.2, -0.15) is 0 Å². The predicted octanol–water partition coefficient (Wildman–Crippen LogP) is 2.26. The van der Waals surface area contributed by atoms with Gasteiger partial charge < -0.3 is 9.64 Å². The number of esters is 1. The minimum atomic E-state index is -0.266. The van der Waals surface area contributed by atoms with Crippen molar-refractivity contribution in [1.82, 2.24) is 9.97 Å². The molecule has 2 aromatic rings. The summed E-state index contributed by atoms with van der Waals surface area (Å²) in [6.07, 6.45) is 1.48. The van der Waals surface area contributed by atoms with Crippen LogP contribution < -0.4 is 9.64 Å². The van der Waals surface area contributed by atoms with Gasteiger partial charge in [0.15, 0.2) is 5.75 Å². The second-order valence-electron chi connectivity index (χ2n) is 4.82. The quantitative estimate of drug-likeness (QED) is 0.625. The summed E-state index contributed by atoms with van der Waals surface area (Å²) in [6, 6.07) is 5.49. The van der Waals surface area contributed by atoms with E-state index >= 15 is 0 Å². The van der Waals surface area contributed by atoms with E-state index in [1.807, 2.05) is 31.1 Å². The summed E-state index contributed by atoms with van der Waals surface area (Å²) in [5, 5.41) is 0.863. The molecule has 0 atom stereocenters. The monoisotopic (exact) mass is 259 g/mol. The van der Waals surface area contributed by atoms with Crippen molar-refractivity contribution in [2.75, 3.05) is 19.0 Å². The van der Waals surface area contributed by atoms with Crippen LogP contribution in [0.25, 0.3) is 10.9 Å². The zero-order valence-corrected chi connectivity index (χ0v) is 11.5. The number of nitrogens with zero attached hydrogens (tertiary/aromatic N) is 3. The molecule has 0 unspecified atom stereocenters. The first-order valence-corrected chi connectivity index (χ1v) is 6.13. The molecule has 1 aromatic carbocycles. The van der Waals surface area contributed by atoms with Crippen molar-refractivity contribution in [1.29, 1.82) is 0 Å². The zero-order valence-electron chi connectivity index (χ0n) is 11.5. The van der Waals surface area contributed by atoms with E-state index in [0.717, 1.165) is 11.2 Å². The van der Waals surface area contributed by atoms with Crippen LogP contribution in [0.1, 0.15) is 13.8 Å². The lowest BCUT2D eigenvalue weighted by atomic mass is 10.2. The highest BCUT2D eigenvalue weighted by molar-refractivity contribution is 5.94. The van der Waals surface area contributed by atoms with E-state index in [2.05, 4.69) is 9.97 Å². The number of rotatable bonds is 3. The molecule has 0 saturated carbocycles. The lowest BCUT2D eigenvalue weighted by Crippen LogP contribution is -2.15. The van der Waals surface area contributed by atoms with Gasteiger partial charge in [-0.25, -0.2) is 9.97 Å². The molecule has 0 spiro atoms. The summed E-state index contributed by atoms with van der Waals surface area (Å²) in [5.41, 5.74) is 0.648. The van der Waals surface area contributed by atoms with E-state index in [1.54, 1.807) is 19.9 Å². The second kappa shape index (κ2) is 5.22. The Morgan fingerprint density at radius 2 is 2.00 bits per heavy atom. The van der Waals surface area contributed by atoms with Crippen LogP contribution in [0.4, 0.5) is 5.82 Å². The van der Waals surface area contributed by atoms with Crippen LogP contribution in [-0.2, 0) is 4.79 Å². The summed E-state index contributed by atoms with van der Waals surface area (Å²) < 4.78 is 5.38. The fraction of sp³-hybridized carbons (Fsp3) is 0.357. The van der Waals surface area contributed by atoms with E-state index in [1.165, 1.54) is 6.33 Å².